The maximum Gasteiger partial charge on any atom is 0.160 e. The van der Waals surface area contributed by atoms with Crippen LogP contribution < -0.4 is 0 Å². The summed E-state index contributed by atoms with van der Waals surface area (Å²) in [4.78, 5) is 39.0. The molecule has 0 unspecified atom stereocenters. The normalized spacial score (nSPS) is 12.9. The molecule has 4 aliphatic rings. The first-order chi connectivity index (χ1) is 73.4. The van der Waals surface area contributed by atoms with Crippen LogP contribution in [-0.4, -0.2) is 39.9 Å². The molecule has 28 rings (SSSR count). The van der Waals surface area contributed by atoms with Crippen molar-refractivity contribution in [3.63, 3.8) is 0 Å². The number of rotatable bonds is 15. The molecule has 702 valence electrons. The van der Waals surface area contributed by atoms with E-state index in [1.165, 1.54) is 139 Å². The first-order valence-corrected chi connectivity index (χ1v) is 51.0. The van der Waals surface area contributed by atoms with Gasteiger partial charge in [0.15, 0.2) is 11.6 Å². The third-order valence-corrected chi connectivity index (χ3v) is 30.6. The van der Waals surface area contributed by atoms with Crippen LogP contribution in [0.25, 0.3) is 223 Å². The van der Waals surface area contributed by atoms with Crippen LogP contribution in [-0.2, 0) is 16.2 Å². The first kappa shape index (κ1) is 90.0. The summed E-state index contributed by atoms with van der Waals surface area (Å²) < 4.78 is 0. The van der Waals surface area contributed by atoms with Crippen molar-refractivity contribution in [2.45, 2.75) is 43.9 Å². The SMILES string of the molecule is CC1(C)c2ccc(-c3cc(-c4ccc(-c5cccnc5)cc4)nc(-c4ccc(-c5ccccc5)cc4)n3)cc2-c2ccc3ccccc3c21.CC1(C)c2ccccc2-c2c(-c3cc(-c4ccc(-c5cccnc5)cc4)nc(-c4ccc(-c5ccccc5)cc4)n3)cccc21.c1ccc(-c2ccc(-c3cc(-c4cccc5c4-c4ccccc4C54c5ccccc5-c5ccccc54)cc(-c4ccc(-c5cccnc5)cc4)n3)cc2)cc1. The van der Waals surface area contributed by atoms with Crippen LogP contribution in [0.1, 0.15) is 72.2 Å². The molecule has 0 bridgehead atoms. The molecule has 149 heavy (non-hydrogen) atoms. The van der Waals surface area contributed by atoms with E-state index in [-0.39, 0.29) is 10.8 Å². The van der Waals surface area contributed by atoms with Crippen molar-refractivity contribution in [1.82, 2.24) is 39.9 Å². The van der Waals surface area contributed by atoms with Gasteiger partial charge >= 0.3 is 0 Å². The average molecular weight is 1900 g/mol. The molecule has 8 heteroatoms. The van der Waals surface area contributed by atoms with E-state index in [2.05, 4.69) is 498 Å². The van der Waals surface area contributed by atoms with Crippen molar-refractivity contribution < 1.29 is 0 Å². The Kier molecular flexibility index (Phi) is 22.7. The zero-order valence-electron chi connectivity index (χ0n) is 82.7. The van der Waals surface area contributed by atoms with Gasteiger partial charge in [0.1, 0.15) is 0 Å². The lowest BCUT2D eigenvalue weighted by Crippen LogP contribution is -2.25. The average Bonchev–Trinajstić information content (AvgIpc) is 1.50. The Balaban J connectivity index is 0.000000114. The van der Waals surface area contributed by atoms with Crippen LogP contribution in [0.2, 0.25) is 0 Å². The Morgan fingerprint density at radius 2 is 0.477 bits per heavy atom. The van der Waals surface area contributed by atoms with Crippen LogP contribution in [0.15, 0.2) is 522 Å². The molecule has 0 saturated carbocycles. The molecule has 8 nitrogen and oxygen atoms in total. The summed E-state index contributed by atoms with van der Waals surface area (Å²) in [5, 5.41) is 2.60. The van der Waals surface area contributed by atoms with E-state index < -0.39 is 5.41 Å². The van der Waals surface area contributed by atoms with E-state index in [4.69, 9.17) is 24.9 Å². The fourth-order valence-corrected chi connectivity index (χ4v) is 23.3. The zero-order chi connectivity index (χ0) is 99.7. The van der Waals surface area contributed by atoms with Crippen molar-refractivity contribution in [3.8, 4) is 213 Å². The number of benzene rings is 18. The van der Waals surface area contributed by atoms with E-state index in [0.29, 0.717) is 11.6 Å². The zero-order valence-corrected chi connectivity index (χ0v) is 82.7. The highest BCUT2D eigenvalue weighted by atomic mass is 14.9. The predicted molar refractivity (Wildman–Crippen MR) is 612 cm³/mol. The Morgan fingerprint density at radius 1 is 0.161 bits per heavy atom. The van der Waals surface area contributed by atoms with Crippen molar-refractivity contribution in [2.24, 2.45) is 0 Å². The molecule has 18 aromatic carbocycles. The van der Waals surface area contributed by atoms with Gasteiger partial charge in [0.2, 0.25) is 0 Å². The molecule has 1 spiro atoms. The summed E-state index contributed by atoms with van der Waals surface area (Å²) in [5.41, 5.74) is 50.5. The summed E-state index contributed by atoms with van der Waals surface area (Å²) in [7, 11) is 0. The first-order valence-electron chi connectivity index (χ1n) is 51.0. The molecule has 6 heterocycles. The second-order valence-corrected chi connectivity index (χ2v) is 39.9. The highest BCUT2D eigenvalue weighted by Crippen LogP contribution is 2.65. The van der Waals surface area contributed by atoms with Gasteiger partial charge in [-0.15, -0.1) is 0 Å². The van der Waals surface area contributed by atoms with Gasteiger partial charge in [0.05, 0.1) is 39.6 Å². The molecule has 0 amide bonds. The fourth-order valence-electron chi connectivity index (χ4n) is 23.3. The maximum atomic E-state index is 5.36. The topological polar surface area (TPSA) is 103 Å². The number of fused-ring (bicyclic) bond motifs is 18. The second kappa shape index (κ2) is 37.6. The van der Waals surface area contributed by atoms with Gasteiger partial charge in [-0.1, -0.05) is 464 Å². The predicted octanol–water partition coefficient (Wildman–Crippen LogP) is 35.3. The lowest BCUT2D eigenvalue weighted by Gasteiger charge is -2.30. The number of aromatic nitrogens is 8. The quantitative estimate of drug-likeness (QED) is 0.1000. The van der Waals surface area contributed by atoms with Crippen LogP contribution in [0.3, 0.4) is 0 Å². The van der Waals surface area contributed by atoms with Crippen LogP contribution >= 0.6 is 0 Å². The number of hydrogen-bond donors (Lipinski definition) is 0. The number of nitrogens with zero attached hydrogens (tertiary/aromatic N) is 8. The molecule has 0 atom stereocenters. The van der Waals surface area contributed by atoms with Crippen molar-refractivity contribution >= 4 is 10.8 Å². The molecule has 4 aliphatic carbocycles. The van der Waals surface area contributed by atoms with Crippen LogP contribution in [0.4, 0.5) is 0 Å². The molecule has 0 saturated heterocycles. The Morgan fingerprint density at radius 3 is 0.940 bits per heavy atom. The van der Waals surface area contributed by atoms with Crippen LogP contribution in [0, 0.1) is 0 Å². The smallest absolute Gasteiger partial charge is 0.160 e. The van der Waals surface area contributed by atoms with E-state index in [1.807, 2.05) is 55.1 Å². The van der Waals surface area contributed by atoms with E-state index in [1.54, 1.807) is 12.4 Å². The summed E-state index contributed by atoms with van der Waals surface area (Å²) in [5.74, 6) is 1.41. The Bertz CT molecular complexity index is 8870. The van der Waals surface area contributed by atoms with Gasteiger partial charge in [0, 0.05) is 92.5 Å². The minimum atomic E-state index is -0.400. The van der Waals surface area contributed by atoms with Gasteiger partial charge < -0.3 is 0 Å². The molecule has 0 aliphatic heterocycles. The highest BCUT2D eigenvalue weighted by Gasteiger charge is 2.52. The largest absolute Gasteiger partial charge is 0.264 e. The van der Waals surface area contributed by atoms with Crippen LogP contribution in [0.5, 0.6) is 0 Å². The molecule has 0 N–H and O–H groups in total. The van der Waals surface area contributed by atoms with Gasteiger partial charge in [0.25, 0.3) is 0 Å². The van der Waals surface area contributed by atoms with Gasteiger partial charge in [-0.25, -0.2) is 24.9 Å². The summed E-state index contributed by atoms with van der Waals surface area (Å²) in [6.45, 7) is 9.32. The number of hydrogen-bond acceptors (Lipinski definition) is 8. The minimum Gasteiger partial charge on any atom is -0.264 e. The highest BCUT2D eigenvalue weighted by molar-refractivity contribution is 6.03. The van der Waals surface area contributed by atoms with Crippen molar-refractivity contribution in [2.75, 3.05) is 0 Å². The molecular weight excluding hydrogens is 1810 g/mol. The lowest BCUT2D eigenvalue weighted by molar-refractivity contribution is 0.660. The third-order valence-electron chi connectivity index (χ3n) is 30.6. The maximum absolute atomic E-state index is 5.36. The van der Waals surface area contributed by atoms with Crippen molar-refractivity contribution in [1.29, 1.82) is 0 Å². The summed E-state index contributed by atoms with van der Waals surface area (Å²) >= 11 is 0. The standard InChI is InChI=1S/C53H34N2.C46H33N3.C42H31N3/c1-2-12-35(13-3-1)36-23-27-38(28-24-36)50-32-41(33-51(55-50)39-29-25-37(26-30-39)40-14-11-31-54-34-40)42-18-10-22-49-52(42)45-17-6-9-21-48(45)53(49)46-19-7-4-15-43(46)44-16-5-8-20-47(44)53;1-46(2)41-25-23-36(27-40(41)39-24-22-33-11-6-7-13-38(33)44(39)46)43-28-42(34-18-14-32(15-19-34)37-12-8-26-47-29-37)48-45(49-43)35-20-16-31(17-21-35)30-9-4-3-5-10-30;1-42(2)36-15-7-6-13-34(36)40-35(14-8-16-37(40)42)39-26-38(31-21-17-30(18-22-31)33-12-9-25-43-27-33)44-41(45-39)32-23-19-29(20-24-32)28-10-4-3-5-11-28/h1-34H;3-29H,1-2H3;3-27H,1-2H3. The monoisotopic (exact) mass is 1900 g/mol. The van der Waals surface area contributed by atoms with E-state index in [9.17, 15) is 0 Å². The Labute approximate surface area is 868 Å². The number of pyridine rings is 4. The van der Waals surface area contributed by atoms with E-state index >= 15 is 0 Å². The van der Waals surface area contributed by atoms with Gasteiger partial charge in [-0.3, -0.25) is 15.0 Å². The van der Waals surface area contributed by atoms with Gasteiger partial charge in [-0.05, 0) is 226 Å². The summed E-state index contributed by atoms with van der Waals surface area (Å²) in [6.07, 6.45) is 11.1. The second-order valence-electron chi connectivity index (χ2n) is 39.9. The third kappa shape index (κ3) is 16.2. The molecule has 0 fully saturated rings. The molecule has 0 radical (unpaired) electrons. The lowest BCUT2D eigenvalue weighted by atomic mass is 9.70. The van der Waals surface area contributed by atoms with Gasteiger partial charge in [-0.2, -0.15) is 0 Å². The molecule has 24 aromatic rings. The molecular formula is C141H98N8. The van der Waals surface area contributed by atoms with Crippen molar-refractivity contribution in [3.05, 3.63) is 567 Å². The minimum absolute atomic E-state index is 0.0873. The molecule has 6 aromatic heterocycles. The van der Waals surface area contributed by atoms with E-state index in [0.717, 1.165) is 118 Å². The fraction of sp³-hybridized carbons (Fsp3) is 0.0496. The summed E-state index contributed by atoms with van der Waals surface area (Å²) in [6, 6.07) is 174. The Hall–Kier alpha value is -19.0.